The average molecular weight is 331 g/mol. The van der Waals surface area contributed by atoms with E-state index in [9.17, 15) is 4.79 Å². The van der Waals surface area contributed by atoms with Gasteiger partial charge in [0.2, 0.25) is 0 Å². The maximum atomic E-state index is 12.1. The van der Waals surface area contributed by atoms with Crippen LogP contribution >= 0.6 is 0 Å². The first-order valence-electron chi connectivity index (χ1n) is 9.11. The summed E-state index contributed by atoms with van der Waals surface area (Å²) in [5.74, 6) is 2.83. The van der Waals surface area contributed by atoms with E-state index in [1.807, 2.05) is 12.1 Å². The molecule has 1 aliphatic rings. The number of carbonyl (C=O) groups excluding carboxylic acids is 1. The van der Waals surface area contributed by atoms with Gasteiger partial charge in [-0.15, -0.1) is 0 Å². The Kier molecular flexibility index (Phi) is 6.59. The van der Waals surface area contributed by atoms with E-state index in [2.05, 4.69) is 33.8 Å². The summed E-state index contributed by atoms with van der Waals surface area (Å²) in [6, 6.07) is 3.74. The van der Waals surface area contributed by atoms with Crippen molar-refractivity contribution in [2.24, 2.45) is 11.8 Å². The zero-order chi connectivity index (χ0) is 17.7. The molecule has 0 amide bonds. The molecule has 1 aromatic heterocycles. The van der Waals surface area contributed by atoms with E-state index in [1.165, 1.54) is 12.7 Å². The number of allylic oxidation sites excluding steroid dienone is 2. The predicted octanol–water partition coefficient (Wildman–Crippen LogP) is 5.79. The Labute approximate surface area is 146 Å². The standard InChI is InChI=1S/C21H31O3/c1-14(2)19-10-9-15(3)7-6-8-16(4)11-18-12-17(21(22)23-5)13-20(19)24-18/h7,12-14,16,19H,6,8-11H2,1-5H3/q+1/b15-7-/t16-,19-/m0/s1. The van der Waals surface area contributed by atoms with E-state index in [0.29, 0.717) is 23.3 Å². The molecule has 0 aromatic carbocycles. The summed E-state index contributed by atoms with van der Waals surface area (Å²) >= 11 is 0. The Balaban J connectivity index is 2.46. The molecular formula is C21H31O3+. The van der Waals surface area contributed by atoms with Gasteiger partial charge in [0.1, 0.15) is 0 Å². The first-order chi connectivity index (χ1) is 11.4. The van der Waals surface area contributed by atoms with Gasteiger partial charge in [-0.3, -0.25) is 0 Å². The van der Waals surface area contributed by atoms with Crippen LogP contribution in [0, 0.1) is 11.8 Å². The van der Waals surface area contributed by atoms with Crippen LogP contribution in [0.4, 0.5) is 0 Å². The van der Waals surface area contributed by atoms with Gasteiger partial charge >= 0.3 is 17.5 Å². The van der Waals surface area contributed by atoms with E-state index in [4.69, 9.17) is 9.15 Å². The molecule has 2 bridgehead atoms. The summed E-state index contributed by atoms with van der Waals surface area (Å²) in [6.07, 6.45) is 7.62. The van der Waals surface area contributed by atoms with Gasteiger partial charge in [-0.25, -0.2) is 9.21 Å². The highest BCUT2D eigenvalue weighted by Crippen LogP contribution is 2.33. The molecule has 2 atom stereocenters. The van der Waals surface area contributed by atoms with Gasteiger partial charge in [0.05, 0.1) is 37.1 Å². The van der Waals surface area contributed by atoms with Gasteiger partial charge in [0, 0.05) is 0 Å². The van der Waals surface area contributed by atoms with Gasteiger partial charge in [-0.2, -0.15) is 0 Å². The Morgan fingerprint density at radius 1 is 1.29 bits per heavy atom. The number of hydrogen-bond donors (Lipinski definition) is 0. The minimum Gasteiger partial charge on any atom is -0.465 e. The molecule has 1 aromatic rings. The molecule has 0 aliphatic carbocycles. The van der Waals surface area contributed by atoms with E-state index in [1.54, 1.807) is 0 Å². The highest BCUT2D eigenvalue weighted by molar-refractivity contribution is 5.89. The van der Waals surface area contributed by atoms with Gasteiger partial charge in [-0.05, 0) is 44.4 Å². The van der Waals surface area contributed by atoms with Crippen LogP contribution in [0.3, 0.4) is 0 Å². The molecule has 3 heteroatoms. The van der Waals surface area contributed by atoms with Crippen LogP contribution in [0.25, 0.3) is 0 Å². The molecule has 3 nitrogen and oxygen atoms in total. The summed E-state index contributed by atoms with van der Waals surface area (Å²) in [6.45, 7) is 8.91. The summed E-state index contributed by atoms with van der Waals surface area (Å²) in [7, 11) is 1.43. The second kappa shape index (κ2) is 8.46. The van der Waals surface area contributed by atoms with Crippen LogP contribution in [0.15, 0.2) is 28.2 Å². The molecule has 2 rings (SSSR count). The lowest BCUT2D eigenvalue weighted by atomic mass is 9.86. The van der Waals surface area contributed by atoms with Crippen molar-refractivity contribution in [2.45, 2.75) is 65.7 Å². The monoisotopic (exact) mass is 331 g/mol. The van der Waals surface area contributed by atoms with Crippen LogP contribution in [0.1, 0.15) is 81.2 Å². The lowest BCUT2D eigenvalue weighted by molar-refractivity contribution is 0.0599. The van der Waals surface area contributed by atoms with Crippen molar-refractivity contribution in [3.63, 3.8) is 0 Å². The molecule has 0 radical (unpaired) electrons. The van der Waals surface area contributed by atoms with Crippen molar-refractivity contribution >= 4 is 5.97 Å². The summed E-state index contributed by atoms with van der Waals surface area (Å²) in [5.41, 5.74) is 2.06. The third-order valence-corrected chi connectivity index (χ3v) is 5.01. The van der Waals surface area contributed by atoms with Crippen LogP contribution in [-0.4, -0.2) is 13.1 Å². The van der Waals surface area contributed by atoms with Gasteiger partial charge in [0.25, 0.3) is 0 Å². The number of carbonyl (C=O) groups is 1. The summed E-state index contributed by atoms with van der Waals surface area (Å²) < 4.78 is 11.2. The van der Waals surface area contributed by atoms with Crippen LogP contribution < -0.4 is 0 Å². The molecule has 0 unspecified atom stereocenters. The smallest absolute Gasteiger partial charge is 0.338 e. The molecule has 0 saturated carbocycles. The van der Waals surface area contributed by atoms with Crippen molar-refractivity contribution in [1.82, 2.24) is 0 Å². The zero-order valence-electron chi connectivity index (χ0n) is 15.7. The number of rotatable bonds is 2. The molecule has 132 valence electrons. The second-order valence-corrected chi connectivity index (χ2v) is 7.53. The Bertz CT molecular complexity index is 601. The second-order valence-electron chi connectivity index (χ2n) is 7.53. The maximum Gasteiger partial charge on any atom is 0.338 e. The number of esters is 1. The quantitative estimate of drug-likeness (QED) is 0.391. The lowest BCUT2D eigenvalue weighted by Crippen LogP contribution is -2.12. The Morgan fingerprint density at radius 2 is 2.04 bits per heavy atom. The van der Waals surface area contributed by atoms with E-state index in [0.717, 1.165) is 43.6 Å². The van der Waals surface area contributed by atoms with Crippen LogP contribution in [0.2, 0.25) is 0 Å². The minimum absolute atomic E-state index is 0.286. The fourth-order valence-corrected chi connectivity index (χ4v) is 3.45. The van der Waals surface area contributed by atoms with E-state index >= 15 is 0 Å². The van der Waals surface area contributed by atoms with Gasteiger partial charge in [-0.1, -0.05) is 32.4 Å². The zero-order valence-corrected chi connectivity index (χ0v) is 15.7. The molecule has 0 fully saturated rings. The minimum atomic E-state index is -0.286. The topological polar surface area (TPSA) is 37.6 Å². The van der Waals surface area contributed by atoms with Crippen molar-refractivity contribution in [1.29, 1.82) is 0 Å². The molecule has 0 saturated heterocycles. The van der Waals surface area contributed by atoms with E-state index in [-0.39, 0.29) is 5.97 Å². The third-order valence-electron chi connectivity index (χ3n) is 5.01. The lowest BCUT2D eigenvalue weighted by Gasteiger charge is -2.16. The molecule has 0 N–H and O–H groups in total. The van der Waals surface area contributed by atoms with Gasteiger partial charge in [0.15, 0.2) is 0 Å². The molecule has 2 heterocycles. The molecule has 0 spiro atoms. The maximum absolute atomic E-state index is 12.1. The fraction of sp³-hybridized carbons (Fsp3) is 0.619. The molecule has 1 aliphatic heterocycles. The SMILES string of the molecule is COC(=O)c1cc2[o+]c(c1)[C@H](C(C)C)CC/C(C)=C\CC[C@H](C)C2. The first-order valence-corrected chi connectivity index (χ1v) is 9.11. The summed E-state index contributed by atoms with van der Waals surface area (Å²) in [4.78, 5) is 12.1. The number of fused-ring (bicyclic) bond motifs is 2. The first kappa shape index (κ1) is 18.7. The highest BCUT2D eigenvalue weighted by Gasteiger charge is 2.30. The predicted molar refractivity (Wildman–Crippen MR) is 97.1 cm³/mol. The van der Waals surface area contributed by atoms with Crippen LogP contribution in [-0.2, 0) is 11.2 Å². The molecular weight excluding hydrogens is 300 g/mol. The average Bonchev–Trinajstić information content (AvgIpc) is 2.52. The largest absolute Gasteiger partial charge is 0.465 e. The number of methoxy groups -OCH3 is 1. The number of ether oxygens (including phenoxy) is 1. The van der Waals surface area contributed by atoms with Crippen molar-refractivity contribution in [3.8, 4) is 0 Å². The third kappa shape index (κ3) is 4.93. The number of hydrogen-bond acceptors (Lipinski definition) is 2. The Morgan fingerprint density at radius 3 is 2.71 bits per heavy atom. The molecule has 24 heavy (non-hydrogen) atoms. The van der Waals surface area contributed by atoms with Crippen LogP contribution in [0.5, 0.6) is 0 Å². The van der Waals surface area contributed by atoms with Gasteiger partial charge < -0.3 is 4.74 Å². The van der Waals surface area contributed by atoms with Crippen molar-refractivity contribution < 1.29 is 13.9 Å². The highest BCUT2D eigenvalue weighted by atomic mass is 16.5. The van der Waals surface area contributed by atoms with Crippen molar-refractivity contribution in [3.05, 3.63) is 40.9 Å². The van der Waals surface area contributed by atoms with Crippen molar-refractivity contribution in [2.75, 3.05) is 7.11 Å². The fourth-order valence-electron chi connectivity index (χ4n) is 3.45. The normalized spacial score (nSPS) is 24.5. The summed E-state index contributed by atoms with van der Waals surface area (Å²) in [5, 5.41) is 0. The Hall–Kier alpha value is -1.64. The van der Waals surface area contributed by atoms with E-state index < -0.39 is 0 Å².